The SMILES string of the molecule is CC1(C)C=CN2c3ccccc3C(C)(C)c3ccc(-c4ccc5c(ccc6cc(-c7ccc(N(c8ccc9ccccc9c8)c8ccc9ccccc9c8)cc7)ccc65)c4)c1c32. The molecule has 62 heavy (non-hydrogen) atoms. The Morgan fingerprint density at radius 2 is 0.935 bits per heavy atom. The van der Waals surface area contributed by atoms with E-state index in [1.807, 2.05) is 0 Å². The Hall–Kier alpha value is -7.42. The molecule has 0 aliphatic carbocycles. The third-order valence-corrected chi connectivity index (χ3v) is 13.8. The van der Waals surface area contributed by atoms with E-state index in [-0.39, 0.29) is 10.8 Å². The summed E-state index contributed by atoms with van der Waals surface area (Å²) in [5.41, 5.74) is 14.9. The Labute approximate surface area is 363 Å². The normalized spacial score (nSPS) is 14.6. The van der Waals surface area contributed by atoms with Crippen molar-refractivity contribution in [3.8, 4) is 22.3 Å². The van der Waals surface area contributed by atoms with E-state index in [0.717, 1.165) is 17.1 Å². The van der Waals surface area contributed by atoms with E-state index < -0.39 is 0 Å². The summed E-state index contributed by atoms with van der Waals surface area (Å²) in [5, 5.41) is 9.97. The summed E-state index contributed by atoms with van der Waals surface area (Å²) in [5.74, 6) is 0. The number of hydrogen-bond donors (Lipinski definition) is 0. The first-order chi connectivity index (χ1) is 30.2. The van der Waals surface area contributed by atoms with Gasteiger partial charge in [0.15, 0.2) is 0 Å². The van der Waals surface area contributed by atoms with Gasteiger partial charge >= 0.3 is 0 Å². The number of benzene rings is 10. The molecule has 0 saturated heterocycles. The van der Waals surface area contributed by atoms with Gasteiger partial charge in [-0.1, -0.05) is 173 Å². The van der Waals surface area contributed by atoms with Crippen molar-refractivity contribution < 1.29 is 0 Å². The Kier molecular flexibility index (Phi) is 7.96. The number of nitrogens with zero attached hydrogens (tertiary/aromatic N) is 2. The number of para-hydroxylation sites is 1. The molecular formula is C60H46N2. The largest absolute Gasteiger partial charge is 0.317 e. The van der Waals surface area contributed by atoms with E-state index >= 15 is 0 Å². The fourth-order valence-corrected chi connectivity index (χ4v) is 10.5. The second-order valence-electron chi connectivity index (χ2n) is 18.3. The highest BCUT2D eigenvalue weighted by atomic mass is 15.1. The molecule has 2 heterocycles. The molecule has 10 aromatic carbocycles. The molecule has 0 radical (unpaired) electrons. The second kappa shape index (κ2) is 13.5. The molecule has 0 fully saturated rings. The van der Waals surface area contributed by atoms with Crippen LogP contribution in [0.5, 0.6) is 0 Å². The lowest BCUT2D eigenvalue weighted by Gasteiger charge is -2.46. The summed E-state index contributed by atoms with van der Waals surface area (Å²) in [6.07, 6.45) is 4.68. The van der Waals surface area contributed by atoms with Gasteiger partial charge in [-0.05, 0) is 137 Å². The number of fused-ring (bicyclic) bond motifs is 7. The van der Waals surface area contributed by atoms with Gasteiger partial charge in [0.2, 0.25) is 0 Å². The van der Waals surface area contributed by atoms with Crippen LogP contribution in [0.1, 0.15) is 44.4 Å². The van der Waals surface area contributed by atoms with Crippen molar-refractivity contribution in [1.82, 2.24) is 0 Å². The monoisotopic (exact) mass is 794 g/mol. The molecule has 2 heteroatoms. The standard InChI is InChI=1S/C60H46N2/c1-59(2)33-34-61-56-16-10-9-15-54(56)60(3,4)55-32-31-53(57(59)58(55)61)47-24-30-52-46(36-47)18-17-45-35-44(23-29-51(45)52)41-19-25-48(26-20-41)62(49-27-21-39-11-5-7-13-42(39)37-49)50-28-22-40-12-6-8-14-43(40)38-50/h5-38H,1-4H3. The topological polar surface area (TPSA) is 6.48 Å². The molecule has 0 bridgehead atoms. The average molecular weight is 795 g/mol. The zero-order valence-electron chi connectivity index (χ0n) is 35.5. The molecule has 2 aliphatic rings. The highest BCUT2D eigenvalue weighted by Gasteiger charge is 2.42. The molecule has 2 aliphatic heterocycles. The summed E-state index contributed by atoms with van der Waals surface area (Å²) in [6.45, 7) is 9.47. The van der Waals surface area contributed by atoms with E-state index in [1.54, 1.807) is 0 Å². The van der Waals surface area contributed by atoms with Crippen molar-refractivity contribution in [2.45, 2.75) is 38.5 Å². The molecular weight excluding hydrogens is 749 g/mol. The van der Waals surface area contributed by atoms with Crippen LogP contribution in [0.2, 0.25) is 0 Å². The Balaban J connectivity index is 0.900. The second-order valence-corrected chi connectivity index (χ2v) is 18.3. The molecule has 0 N–H and O–H groups in total. The van der Waals surface area contributed by atoms with Gasteiger partial charge in [0.25, 0.3) is 0 Å². The molecule has 0 spiro atoms. The molecule has 0 saturated carbocycles. The van der Waals surface area contributed by atoms with Gasteiger partial charge in [0, 0.05) is 39.8 Å². The number of anilines is 5. The summed E-state index contributed by atoms with van der Waals surface area (Å²) in [4.78, 5) is 4.81. The lowest BCUT2D eigenvalue weighted by atomic mass is 9.67. The van der Waals surface area contributed by atoms with Gasteiger partial charge in [0.05, 0.1) is 5.69 Å². The van der Waals surface area contributed by atoms with Crippen LogP contribution in [0.15, 0.2) is 206 Å². The first-order valence-corrected chi connectivity index (χ1v) is 21.8. The maximum atomic E-state index is 2.44. The van der Waals surface area contributed by atoms with Gasteiger partial charge < -0.3 is 9.80 Å². The third kappa shape index (κ3) is 5.63. The van der Waals surface area contributed by atoms with E-state index in [1.165, 1.54) is 93.4 Å². The van der Waals surface area contributed by atoms with Crippen LogP contribution >= 0.6 is 0 Å². The summed E-state index contributed by atoms with van der Waals surface area (Å²) < 4.78 is 0. The van der Waals surface area contributed by atoms with Gasteiger partial charge in [0.1, 0.15) is 0 Å². The molecule has 0 atom stereocenters. The summed E-state index contributed by atoms with van der Waals surface area (Å²) >= 11 is 0. The van der Waals surface area contributed by atoms with Crippen LogP contribution in [0.25, 0.3) is 65.3 Å². The van der Waals surface area contributed by atoms with Crippen LogP contribution in [0, 0.1) is 0 Å². The molecule has 0 unspecified atom stereocenters. The smallest absolute Gasteiger partial charge is 0.0543 e. The van der Waals surface area contributed by atoms with Crippen LogP contribution in [-0.4, -0.2) is 0 Å². The van der Waals surface area contributed by atoms with Crippen LogP contribution in [0.3, 0.4) is 0 Å². The number of hydrogen-bond acceptors (Lipinski definition) is 2. The van der Waals surface area contributed by atoms with Crippen molar-refractivity contribution in [2.75, 3.05) is 9.80 Å². The van der Waals surface area contributed by atoms with Crippen molar-refractivity contribution in [3.05, 3.63) is 223 Å². The molecule has 2 nitrogen and oxygen atoms in total. The fraction of sp³-hybridized carbons (Fsp3) is 0.100. The Bertz CT molecular complexity index is 3400. The average Bonchev–Trinajstić information content (AvgIpc) is 3.31. The van der Waals surface area contributed by atoms with Gasteiger partial charge in [-0.15, -0.1) is 0 Å². The first kappa shape index (κ1) is 36.4. The minimum atomic E-state index is -0.127. The maximum Gasteiger partial charge on any atom is 0.0543 e. The Morgan fingerprint density at radius 3 is 1.60 bits per heavy atom. The minimum Gasteiger partial charge on any atom is -0.317 e. The molecule has 296 valence electrons. The van der Waals surface area contributed by atoms with Gasteiger partial charge in [-0.3, -0.25) is 0 Å². The van der Waals surface area contributed by atoms with E-state index in [9.17, 15) is 0 Å². The molecule has 0 aromatic heterocycles. The van der Waals surface area contributed by atoms with E-state index in [0.29, 0.717) is 0 Å². The number of allylic oxidation sites excluding steroid dienone is 1. The van der Waals surface area contributed by atoms with Crippen molar-refractivity contribution >= 4 is 71.5 Å². The van der Waals surface area contributed by atoms with Gasteiger partial charge in [-0.25, -0.2) is 0 Å². The lowest BCUT2D eigenvalue weighted by molar-refractivity contribution is 0.609. The van der Waals surface area contributed by atoms with Crippen LogP contribution < -0.4 is 9.80 Å². The van der Waals surface area contributed by atoms with E-state index in [2.05, 4.69) is 244 Å². The highest BCUT2D eigenvalue weighted by Crippen LogP contribution is 2.56. The van der Waals surface area contributed by atoms with Crippen molar-refractivity contribution in [2.24, 2.45) is 0 Å². The summed E-state index contributed by atoms with van der Waals surface area (Å²) in [6, 6.07) is 72.0. The minimum absolute atomic E-state index is 0.101. The molecule has 10 aromatic rings. The molecule has 12 rings (SSSR count). The maximum absolute atomic E-state index is 2.44. The van der Waals surface area contributed by atoms with Crippen molar-refractivity contribution in [3.63, 3.8) is 0 Å². The first-order valence-electron chi connectivity index (χ1n) is 21.8. The van der Waals surface area contributed by atoms with Gasteiger partial charge in [-0.2, -0.15) is 0 Å². The van der Waals surface area contributed by atoms with E-state index in [4.69, 9.17) is 0 Å². The molecule has 0 amide bonds. The quantitative estimate of drug-likeness (QED) is 0.160. The fourth-order valence-electron chi connectivity index (χ4n) is 10.5. The highest BCUT2D eigenvalue weighted by molar-refractivity contribution is 6.09. The lowest BCUT2D eigenvalue weighted by Crippen LogP contribution is -2.35. The zero-order valence-corrected chi connectivity index (χ0v) is 35.5. The summed E-state index contributed by atoms with van der Waals surface area (Å²) in [7, 11) is 0. The predicted molar refractivity (Wildman–Crippen MR) is 265 cm³/mol. The third-order valence-electron chi connectivity index (χ3n) is 13.8. The Morgan fingerprint density at radius 1 is 0.403 bits per heavy atom. The van der Waals surface area contributed by atoms with Crippen LogP contribution in [-0.2, 0) is 10.8 Å². The number of rotatable bonds is 5. The van der Waals surface area contributed by atoms with Crippen molar-refractivity contribution in [1.29, 1.82) is 0 Å². The van der Waals surface area contributed by atoms with Crippen LogP contribution in [0.4, 0.5) is 28.4 Å². The predicted octanol–water partition coefficient (Wildman–Crippen LogP) is 16.7. The zero-order chi connectivity index (χ0) is 41.7.